The minimum Gasteiger partial charge on any atom is -0.368 e. The molecule has 0 unspecified atom stereocenters. The molecule has 164 valence electrons. The van der Waals surface area contributed by atoms with E-state index in [1.54, 1.807) is 30.8 Å². The molecule has 0 aromatic heterocycles. The van der Waals surface area contributed by atoms with E-state index in [1.165, 1.54) is 0 Å². The van der Waals surface area contributed by atoms with Crippen LogP contribution in [0.1, 0.15) is 34.1 Å². The maximum absolute atomic E-state index is 13.2. The summed E-state index contributed by atoms with van der Waals surface area (Å²) in [6.07, 6.45) is 2.60. The molecule has 1 saturated heterocycles. The lowest BCUT2D eigenvalue weighted by atomic mass is 10.1. The lowest BCUT2D eigenvalue weighted by Gasteiger charge is -2.37. The Balaban J connectivity index is 1.60. The highest BCUT2D eigenvalue weighted by molar-refractivity contribution is 7.98. The number of carbonyl (C=O) groups is 3. The van der Waals surface area contributed by atoms with E-state index in [0.29, 0.717) is 43.7 Å². The third-order valence-electron chi connectivity index (χ3n) is 5.48. The molecule has 6 nitrogen and oxygen atoms in total. The number of thioether (sulfide) groups is 1. The van der Waals surface area contributed by atoms with Gasteiger partial charge in [-0.2, -0.15) is 11.8 Å². The fourth-order valence-electron chi connectivity index (χ4n) is 3.64. The van der Waals surface area contributed by atoms with Crippen LogP contribution in [0.4, 0.5) is 5.69 Å². The summed E-state index contributed by atoms with van der Waals surface area (Å²) in [6, 6.07) is 16.1. The molecule has 0 saturated carbocycles. The van der Waals surface area contributed by atoms with Crippen molar-refractivity contribution in [2.75, 3.05) is 43.1 Å². The van der Waals surface area contributed by atoms with E-state index in [2.05, 4.69) is 10.2 Å². The van der Waals surface area contributed by atoms with Gasteiger partial charge in [-0.05, 0) is 61.8 Å². The third kappa shape index (κ3) is 6.10. The number of hydrogen-bond acceptors (Lipinski definition) is 5. The normalized spacial score (nSPS) is 14.8. The second-order valence-corrected chi connectivity index (χ2v) is 8.57. The molecule has 0 bridgehead atoms. The summed E-state index contributed by atoms with van der Waals surface area (Å²) in [7, 11) is 0. The largest absolute Gasteiger partial charge is 0.368 e. The Labute approximate surface area is 188 Å². The Morgan fingerprint density at radius 3 is 2.16 bits per heavy atom. The van der Waals surface area contributed by atoms with Crippen LogP contribution < -0.4 is 10.2 Å². The van der Waals surface area contributed by atoms with Gasteiger partial charge in [-0.25, -0.2) is 0 Å². The number of benzene rings is 2. The lowest BCUT2D eigenvalue weighted by Crippen LogP contribution is -2.55. The van der Waals surface area contributed by atoms with Crippen LogP contribution in [0.15, 0.2) is 54.6 Å². The van der Waals surface area contributed by atoms with E-state index in [0.717, 1.165) is 11.4 Å². The second-order valence-electron chi connectivity index (χ2n) is 7.59. The molecular formula is C24H29N3O3S. The first-order valence-electron chi connectivity index (χ1n) is 10.5. The van der Waals surface area contributed by atoms with Crippen molar-refractivity contribution in [2.24, 2.45) is 0 Å². The number of nitrogens with one attached hydrogen (secondary N) is 1. The zero-order chi connectivity index (χ0) is 22.2. The van der Waals surface area contributed by atoms with Gasteiger partial charge < -0.3 is 15.1 Å². The number of nitrogens with zero attached hydrogens (tertiary/aromatic N) is 2. The molecule has 31 heavy (non-hydrogen) atoms. The van der Waals surface area contributed by atoms with Crippen molar-refractivity contribution in [3.05, 3.63) is 65.7 Å². The maximum Gasteiger partial charge on any atom is 0.251 e. The minimum absolute atomic E-state index is 0.0232. The Morgan fingerprint density at radius 2 is 1.58 bits per heavy atom. The highest BCUT2D eigenvalue weighted by Crippen LogP contribution is 2.18. The van der Waals surface area contributed by atoms with Crippen molar-refractivity contribution in [1.82, 2.24) is 10.2 Å². The van der Waals surface area contributed by atoms with Crippen LogP contribution in [-0.2, 0) is 4.79 Å². The number of anilines is 1. The Morgan fingerprint density at radius 1 is 0.935 bits per heavy atom. The SMILES string of the molecule is CSCC[C@@H](NC(=O)c1ccccc1)C(=O)N1CCN(c2ccc(C(C)=O)cc2)CC1. The fraction of sp³-hybridized carbons (Fsp3) is 0.375. The molecule has 2 aromatic carbocycles. The summed E-state index contributed by atoms with van der Waals surface area (Å²) in [6.45, 7) is 4.19. The van der Waals surface area contributed by atoms with Gasteiger partial charge in [0, 0.05) is 43.0 Å². The number of ketones is 1. The molecule has 0 spiro atoms. The van der Waals surface area contributed by atoms with Crippen molar-refractivity contribution in [2.45, 2.75) is 19.4 Å². The van der Waals surface area contributed by atoms with Crippen LogP contribution in [0, 0.1) is 0 Å². The van der Waals surface area contributed by atoms with Gasteiger partial charge in [0.2, 0.25) is 5.91 Å². The van der Waals surface area contributed by atoms with Gasteiger partial charge in [0.1, 0.15) is 6.04 Å². The molecule has 1 aliphatic rings. The van der Waals surface area contributed by atoms with Crippen LogP contribution in [0.25, 0.3) is 0 Å². The highest BCUT2D eigenvalue weighted by Gasteiger charge is 2.28. The zero-order valence-electron chi connectivity index (χ0n) is 18.0. The van der Waals surface area contributed by atoms with Gasteiger partial charge >= 0.3 is 0 Å². The minimum atomic E-state index is -0.526. The summed E-state index contributed by atoms with van der Waals surface area (Å²) in [5.41, 5.74) is 2.31. The van der Waals surface area contributed by atoms with Gasteiger partial charge in [-0.1, -0.05) is 18.2 Å². The van der Waals surface area contributed by atoms with E-state index in [9.17, 15) is 14.4 Å². The summed E-state index contributed by atoms with van der Waals surface area (Å²) in [4.78, 5) is 41.3. The number of amides is 2. The molecule has 1 aliphatic heterocycles. The van der Waals surface area contributed by atoms with Crippen LogP contribution >= 0.6 is 11.8 Å². The molecule has 7 heteroatoms. The Bertz CT molecular complexity index is 894. The molecule has 1 fully saturated rings. The number of rotatable bonds is 8. The maximum atomic E-state index is 13.2. The van der Waals surface area contributed by atoms with E-state index in [1.807, 2.05) is 53.6 Å². The van der Waals surface area contributed by atoms with Crippen LogP contribution in [0.3, 0.4) is 0 Å². The van der Waals surface area contributed by atoms with Crippen LogP contribution in [0.2, 0.25) is 0 Å². The number of carbonyl (C=O) groups excluding carboxylic acids is 3. The molecular weight excluding hydrogens is 410 g/mol. The molecule has 2 amide bonds. The summed E-state index contributed by atoms with van der Waals surface area (Å²) < 4.78 is 0. The van der Waals surface area contributed by atoms with Crippen LogP contribution in [0.5, 0.6) is 0 Å². The molecule has 0 radical (unpaired) electrons. The molecule has 1 atom stereocenters. The number of piperazine rings is 1. The standard InChI is InChI=1S/C24H29N3O3S/c1-18(28)19-8-10-21(11-9-19)26-13-15-27(16-14-26)24(30)22(12-17-31-2)25-23(29)20-6-4-3-5-7-20/h3-11,22H,12-17H2,1-2H3,(H,25,29)/t22-/m1/s1. The van der Waals surface area contributed by atoms with Crippen molar-refractivity contribution in [3.8, 4) is 0 Å². The molecule has 1 N–H and O–H groups in total. The highest BCUT2D eigenvalue weighted by atomic mass is 32.2. The van der Waals surface area contributed by atoms with E-state index in [4.69, 9.17) is 0 Å². The summed E-state index contributed by atoms with van der Waals surface area (Å²) in [5, 5.41) is 2.94. The number of Topliss-reactive ketones (excluding diaryl/α,β-unsaturated/α-hetero) is 1. The first kappa shape index (κ1) is 22.9. The molecule has 2 aromatic rings. The lowest BCUT2D eigenvalue weighted by molar-refractivity contribution is -0.133. The second kappa shape index (κ2) is 11.0. The van der Waals surface area contributed by atoms with E-state index in [-0.39, 0.29) is 17.6 Å². The van der Waals surface area contributed by atoms with Gasteiger partial charge in [-0.15, -0.1) is 0 Å². The van der Waals surface area contributed by atoms with E-state index < -0.39 is 6.04 Å². The van der Waals surface area contributed by atoms with Gasteiger partial charge in [-0.3, -0.25) is 14.4 Å². The average Bonchev–Trinajstić information content (AvgIpc) is 2.82. The summed E-state index contributed by atoms with van der Waals surface area (Å²) in [5.74, 6) is 0.610. The van der Waals surface area contributed by atoms with Gasteiger partial charge in [0.25, 0.3) is 5.91 Å². The van der Waals surface area contributed by atoms with Crippen molar-refractivity contribution < 1.29 is 14.4 Å². The topological polar surface area (TPSA) is 69.7 Å². The van der Waals surface area contributed by atoms with E-state index >= 15 is 0 Å². The predicted molar refractivity (Wildman–Crippen MR) is 126 cm³/mol. The Kier molecular flexibility index (Phi) is 8.12. The number of hydrogen-bond donors (Lipinski definition) is 1. The molecule has 3 rings (SSSR count). The van der Waals surface area contributed by atoms with Crippen molar-refractivity contribution in [1.29, 1.82) is 0 Å². The smallest absolute Gasteiger partial charge is 0.251 e. The quantitative estimate of drug-likeness (QED) is 0.640. The molecule has 1 heterocycles. The van der Waals surface area contributed by atoms with Gasteiger partial charge in [0.05, 0.1) is 0 Å². The van der Waals surface area contributed by atoms with Crippen molar-refractivity contribution in [3.63, 3.8) is 0 Å². The average molecular weight is 440 g/mol. The predicted octanol–water partition coefficient (Wildman–Crippen LogP) is 3.09. The fourth-order valence-corrected chi connectivity index (χ4v) is 4.11. The monoisotopic (exact) mass is 439 g/mol. The van der Waals surface area contributed by atoms with Crippen LogP contribution in [-0.4, -0.2) is 66.7 Å². The zero-order valence-corrected chi connectivity index (χ0v) is 18.9. The van der Waals surface area contributed by atoms with Gasteiger partial charge in [0.15, 0.2) is 5.78 Å². The Hall–Kier alpha value is -2.80. The first-order chi connectivity index (χ1) is 15.0. The van der Waals surface area contributed by atoms with Crippen molar-refractivity contribution >= 4 is 35.0 Å². The third-order valence-corrected chi connectivity index (χ3v) is 6.12. The first-order valence-corrected chi connectivity index (χ1v) is 11.9. The molecule has 0 aliphatic carbocycles. The summed E-state index contributed by atoms with van der Waals surface area (Å²) >= 11 is 1.66.